The molecule has 32 heavy (non-hydrogen) atoms. The van der Waals surface area contributed by atoms with E-state index in [4.69, 9.17) is 9.47 Å². The minimum Gasteiger partial charge on any atom is -0.497 e. The van der Waals surface area contributed by atoms with Crippen LogP contribution in [-0.4, -0.2) is 57.8 Å². The number of methoxy groups -OCH3 is 1. The number of amides is 1. The van der Waals surface area contributed by atoms with Crippen LogP contribution in [0.2, 0.25) is 0 Å². The number of piperidine rings is 1. The van der Waals surface area contributed by atoms with Crippen LogP contribution in [0.1, 0.15) is 31.2 Å². The van der Waals surface area contributed by atoms with Crippen molar-refractivity contribution in [3.8, 4) is 16.9 Å². The fourth-order valence-corrected chi connectivity index (χ4v) is 4.99. The highest BCUT2D eigenvalue weighted by Crippen LogP contribution is 2.36. The van der Waals surface area contributed by atoms with Crippen molar-refractivity contribution >= 4 is 5.91 Å². The topological polar surface area (TPSA) is 50.8 Å². The number of carbonyl (C=O) groups excluding carboxylic acids is 1. The fraction of sp³-hybridized carbons (Fsp3) is 0.519. The lowest BCUT2D eigenvalue weighted by atomic mass is 9.74. The predicted octanol–water partition coefficient (Wildman–Crippen LogP) is 4.16. The smallest absolute Gasteiger partial charge is 0.226 e. The maximum absolute atomic E-state index is 13.5. The van der Waals surface area contributed by atoms with Gasteiger partial charge in [-0.3, -0.25) is 4.79 Å². The molecule has 5 nitrogen and oxygen atoms in total. The predicted molar refractivity (Wildman–Crippen MR) is 128 cm³/mol. The first-order valence-electron chi connectivity index (χ1n) is 11.9. The standard InChI is InChI=1S/C27H36N2O3/c1-29-13-9-21(10-14-29)20-28-26(30)27(11-15-32-16-12-27)19-22-5-3-6-23(17-22)24-7-4-8-25(18-24)31-2/h3-8,17-18,21H,9-16,19-20H2,1-2H3,(H,28,30). The van der Waals surface area contributed by atoms with E-state index in [2.05, 4.69) is 53.7 Å². The van der Waals surface area contributed by atoms with Crippen LogP contribution >= 0.6 is 0 Å². The molecule has 0 radical (unpaired) electrons. The van der Waals surface area contributed by atoms with E-state index in [1.807, 2.05) is 12.1 Å². The summed E-state index contributed by atoms with van der Waals surface area (Å²) in [4.78, 5) is 15.8. The second kappa shape index (κ2) is 10.5. The highest BCUT2D eigenvalue weighted by molar-refractivity contribution is 5.83. The molecule has 1 amide bonds. The normalized spacial score (nSPS) is 19.4. The lowest BCUT2D eigenvalue weighted by molar-refractivity contribution is -0.137. The average molecular weight is 437 g/mol. The second-order valence-corrected chi connectivity index (χ2v) is 9.46. The van der Waals surface area contributed by atoms with Gasteiger partial charge in [-0.1, -0.05) is 36.4 Å². The van der Waals surface area contributed by atoms with Gasteiger partial charge in [0.15, 0.2) is 0 Å². The molecule has 2 aliphatic heterocycles. The highest BCUT2D eigenvalue weighted by Gasteiger charge is 2.40. The van der Waals surface area contributed by atoms with Gasteiger partial charge in [0.2, 0.25) is 5.91 Å². The van der Waals surface area contributed by atoms with Gasteiger partial charge in [-0.25, -0.2) is 0 Å². The van der Waals surface area contributed by atoms with Crippen molar-refractivity contribution in [1.29, 1.82) is 0 Å². The first kappa shape index (κ1) is 22.8. The Morgan fingerprint density at radius 1 is 1.09 bits per heavy atom. The van der Waals surface area contributed by atoms with Crippen LogP contribution in [0.25, 0.3) is 11.1 Å². The molecule has 172 valence electrons. The average Bonchev–Trinajstić information content (AvgIpc) is 2.84. The lowest BCUT2D eigenvalue weighted by Gasteiger charge is -2.37. The first-order valence-corrected chi connectivity index (χ1v) is 11.9. The summed E-state index contributed by atoms with van der Waals surface area (Å²) >= 11 is 0. The third kappa shape index (κ3) is 5.51. The number of carbonyl (C=O) groups is 1. The Labute approximate surface area is 192 Å². The van der Waals surface area contributed by atoms with Crippen LogP contribution in [0.4, 0.5) is 0 Å². The molecule has 1 N–H and O–H groups in total. The van der Waals surface area contributed by atoms with Gasteiger partial charge in [0.1, 0.15) is 5.75 Å². The van der Waals surface area contributed by atoms with Crippen molar-refractivity contribution in [2.45, 2.75) is 32.1 Å². The summed E-state index contributed by atoms with van der Waals surface area (Å²) in [7, 11) is 3.86. The number of likely N-dealkylation sites (tertiary alicyclic amines) is 1. The number of hydrogen-bond donors (Lipinski definition) is 1. The molecule has 0 atom stereocenters. The molecule has 2 aromatic carbocycles. The van der Waals surface area contributed by atoms with Crippen LogP contribution in [0.5, 0.6) is 5.75 Å². The number of hydrogen-bond acceptors (Lipinski definition) is 4. The first-order chi connectivity index (χ1) is 15.6. The van der Waals surface area contributed by atoms with Crippen molar-refractivity contribution in [2.24, 2.45) is 11.3 Å². The molecule has 0 spiro atoms. The molecule has 2 saturated heterocycles. The van der Waals surface area contributed by atoms with E-state index >= 15 is 0 Å². The minimum atomic E-state index is -0.392. The van der Waals surface area contributed by atoms with E-state index < -0.39 is 5.41 Å². The summed E-state index contributed by atoms with van der Waals surface area (Å²) in [5.74, 6) is 1.64. The summed E-state index contributed by atoms with van der Waals surface area (Å²) in [6, 6.07) is 16.7. The van der Waals surface area contributed by atoms with Crippen LogP contribution in [0.15, 0.2) is 48.5 Å². The lowest BCUT2D eigenvalue weighted by Crippen LogP contribution is -2.48. The zero-order valence-corrected chi connectivity index (χ0v) is 19.4. The summed E-state index contributed by atoms with van der Waals surface area (Å²) in [5, 5.41) is 3.33. The van der Waals surface area contributed by atoms with Crippen molar-refractivity contribution in [3.63, 3.8) is 0 Å². The molecule has 2 aliphatic rings. The fourth-order valence-electron chi connectivity index (χ4n) is 4.99. The van der Waals surface area contributed by atoms with E-state index in [0.29, 0.717) is 19.1 Å². The summed E-state index contributed by atoms with van der Waals surface area (Å²) in [6.45, 7) is 4.33. The Kier molecular flexibility index (Phi) is 7.48. The zero-order valence-electron chi connectivity index (χ0n) is 19.4. The van der Waals surface area contributed by atoms with Crippen molar-refractivity contribution in [1.82, 2.24) is 10.2 Å². The largest absolute Gasteiger partial charge is 0.497 e. The molecular weight excluding hydrogens is 400 g/mol. The third-order valence-electron chi connectivity index (χ3n) is 7.19. The van der Waals surface area contributed by atoms with Gasteiger partial charge in [0.05, 0.1) is 12.5 Å². The molecule has 0 saturated carbocycles. The van der Waals surface area contributed by atoms with E-state index in [-0.39, 0.29) is 5.91 Å². The number of ether oxygens (including phenoxy) is 2. The van der Waals surface area contributed by atoms with Crippen LogP contribution < -0.4 is 10.1 Å². The summed E-state index contributed by atoms with van der Waals surface area (Å²) < 4.78 is 11.0. The Bertz CT molecular complexity index is 899. The van der Waals surface area contributed by atoms with Gasteiger partial charge < -0.3 is 19.7 Å². The number of nitrogens with zero attached hydrogens (tertiary/aromatic N) is 1. The van der Waals surface area contributed by atoms with Crippen LogP contribution in [0.3, 0.4) is 0 Å². The molecule has 2 heterocycles. The minimum absolute atomic E-state index is 0.200. The Balaban J connectivity index is 1.48. The molecule has 5 heteroatoms. The van der Waals surface area contributed by atoms with E-state index in [9.17, 15) is 4.79 Å². The molecule has 0 unspecified atom stereocenters. The monoisotopic (exact) mass is 436 g/mol. The van der Waals surface area contributed by atoms with Crippen LogP contribution in [0, 0.1) is 11.3 Å². The van der Waals surface area contributed by atoms with Gasteiger partial charge in [0.25, 0.3) is 0 Å². The Morgan fingerprint density at radius 3 is 2.50 bits per heavy atom. The molecule has 2 fully saturated rings. The van der Waals surface area contributed by atoms with E-state index in [1.54, 1.807) is 7.11 Å². The van der Waals surface area contributed by atoms with Gasteiger partial charge in [-0.2, -0.15) is 0 Å². The maximum atomic E-state index is 13.5. The van der Waals surface area contributed by atoms with Crippen LogP contribution in [-0.2, 0) is 16.0 Å². The SMILES string of the molecule is COc1cccc(-c2cccc(CC3(C(=O)NCC4CCN(C)CC4)CCOCC3)c2)c1. The van der Waals surface area contributed by atoms with Crippen molar-refractivity contribution in [3.05, 3.63) is 54.1 Å². The quantitative estimate of drug-likeness (QED) is 0.708. The van der Waals surface area contributed by atoms with Gasteiger partial charge in [0, 0.05) is 19.8 Å². The highest BCUT2D eigenvalue weighted by atomic mass is 16.5. The Hall–Kier alpha value is -2.37. The summed E-state index contributed by atoms with van der Waals surface area (Å²) in [5.41, 5.74) is 3.08. The van der Waals surface area contributed by atoms with Crippen molar-refractivity contribution in [2.75, 3.05) is 47.0 Å². The maximum Gasteiger partial charge on any atom is 0.226 e. The zero-order chi connectivity index (χ0) is 22.4. The molecule has 0 aliphatic carbocycles. The van der Waals surface area contributed by atoms with Gasteiger partial charge >= 0.3 is 0 Å². The Morgan fingerprint density at radius 2 is 1.78 bits per heavy atom. The molecule has 0 bridgehead atoms. The van der Waals surface area contributed by atoms with Gasteiger partial charge in [-0.15, -0.1) is 0 Å². The number of rotatable bonds is 7. The van der Waals surface area contributed by atoms with Gasteiger partial charge in [-0.05, 0) is 87.0 Å². The molecule has 2 aromatic rings. The molecule has 0 aromatic heterocycles. The van der Waals surface area contributed by atoms with E-state index in [0.717, 1.165) is 68.6 Å². The third-order valence-corrected chi connectivity index (χ3v) is 7.19. The second-order valence-electron chi connectivity index (χ2n) is 9.46. The number of benzene rings is 2. The molecule has 4 rings (SSSR count). The van der Waals surface area contributed by atoms with Crippen molar-refractivity contribution < 1.29 is 14.3 Å². The number of nitrogens with one attached hydrogen (secondary N) is 1. The molecular formula is C27H36N2O3. The van der Waals surface area contributed by atoms with E-state index in [1.165, 1.54) is 5.56 Å². The summed E-state index contributed by atoms with van der Waals surface area (Å²) in [6.07, 6.45) is 4.61.